The van der Waals surface area contributed by atoms with Gasteiger partial charge in [0.05, 0.1) is 52.5 Å². The van der Waals surface area contributed by atoms with Gasteiger partial charge in [-0.1, -0.05) is 43.6 Å². The number of benzene rings is 1. The summed E-state index contributed by atoms with van der Waals surface area (Å²) in [7, 11) is 0.891. The first-order valence-electron chi connectivity index (χ1n) is 21.4. The van der Waals surface area contributed by atoms with Crippen LogP contribution in [0.25, 0.3) is 0 Å². The largest absolute Gasteiger partial charge is 0.459 e. The number of hydrogen-bond donors (Lipinski definition) is 6. The van der Waals surface area contributed by atoms with Crippen LogP contribution in [0.3, 0.4) is 0 Å². The van der Waals surface area contributed by atoms with Crippen molar-refractivity contribution in [1.29, 1.82) is 0 Å². The van der Waals surface area contributed by atoms with Gasteiger partial charge >= 0.3 is 5.97 Å². The Bertz CT molecular complexity index is 1700. The molecule has 3 fully saturated rings. The first-order chi connectivity index (χ1) is 28.1. The fraction of sp³-hybridized carbons (Fsp3) is 0.837. The van der Waals surface area contributed by atoms with Crippen molar-refractivity contribution in [1.82, 2.24) is 9.62 Å². The number of sulfonamides is 1. The summed E-state index contributed by atoms with van der Waals surface area (Å²) in [4.78, 5) is 16.2. The summed E-state index contributed by atoms with van der Waals surface area (Å²) >= 11 is 3.34. The summed E-state index contributed by atoms with van der Waals surface area (Å²) in [6.45, 7) is 16.5. The fourth-order valence-electron chi connectivity index (χ4n) is 9.69. The zero-order chi connectivity index (χ0) is 46.2. The maximum absolute atomic E-state index is 14.4. The number of esters is 1. The smallest absolute Gasteiger partial charge is 0.311 e. The molecule has 0 amide bonds. The third-order valence-electron chi connectivity index (χ3n) is 13.5. The molecule has 6 N–H and O–H groups in total. The van der Waals surface area contributed by atoms with Gasteiger partial charge in [0.2, 0.25) is 10.0 Å². The SMILES string of the molecule is CC[C@H]1OC(=O)[C@H](C)[C@@H](O[C@H]2C[C@@](C)(OC)[C@@H](O)[C@H](C)O2)[C@@H](C)[C@@H](O[C@@H]2O[C@H](C)C[C@H](N(C)C)[C@H]2O)[C@](C)(O)C[C@@H](C)[C@H](NS(=O)(=O)c2ccc(Br)cc2)[C@H](C)[C@H](O)[C@]1(C)O. The number of nitrogens with zero attached hydrogens (tertiary/aromatic N) is 1. The minimum Gasteiger partial charge on any atom is -0.459 e. The Labute approximate surface area is 371 Å². The Balaban J connectivity index is 1.91. The minimum atomic E-state index is -4.26. The Hall–Kier alpha value is -1.36. The number of carbonyl (C=O) groups excluding carboxylic acids is 1. The van der Waals surface area contributed by atoms with E-state index in [1.165, 1.54) is 33.1 Å². The number of rotatable bonds is 10. The molecule has 3 saturated heterocycles. The number of aliphatic hydroxyl groups excluding tert-OH is 3. The highest BCUT2D eigenvalue weighted by atomic mass is 79.9. The highest BCUT2D eigenvalue weighted by molar-refractivity contribution is 9.10. The maximum Gasteiger partial charge on any atom is 0.311 e. The Kier molecular flexibility index (Phi) is 17.5. The van der Waals surface area contributed by atoms with Gasteiger partial charge in [-0.05, 0) is 105 Å². The molecule has 61 heavy (non-hydrogen) atoms. The summed E-state index contributed by atoms with van der Waals surface area (Å²) in [5.74, 6) is -4.62. The molecule has 16 nitrogen and oxygen atoms in total. The van der Waals surface area contributed by atoms with Crippen LogP contribution in [-0.2, 0) is 43.2 Å². The molecule has 18 heteroatoms. The highest BCUT2D eigenvalue weighted by Crippen LogP contribution is 2.41. The number of nitrogens with one attached hydrogen (secondary N) is 1. The molecule has 0 saturated carbocycles. The van der Waals surface area contributed by atoms with Crippen LogP contribution in [0.5, 0.6) is 0 Å². The Morgan fingerprint density at radius 1 is 0.918 bits per heavy atom. The number of ether oxygens (including phenoxy) is 6. The Morgan fingerprint density at radius 2 is 1.52 bits per heavy atom. The van der Waals surface area contributed by atoms with E-state index in [1.807, 2.05) is 25.9 Å². The van der Waals surface area contributed by atoms with Crippen molar-refractivity contribution < 1.29 is 67.2 Å². The zero-order valence-electron chi connectivity index (χ0n) is 38.0. The number of methoxy groups -OCH3 is 1. The second kappa shape index (κ2) is 20.4. The summed E-state index contributed by atoms with van der Waals surface area (Å²) < 4.78 is 69.2. The molecule has 0 spiro atoms. The lowest BCUT2D eigenvalue weighted by atomic mass is 9.72. The van der Waals surface area contributed by atoms with Crippen LogP contribution >= 0.6 is 15.9 Å². The van der Waals surface area contributed by atoms with E-state index in [2.05, 4.69) is 20.7 Å². The quantitative estimate of drug-likeness (QED) is 0.185. The van der Waals surface area contributed by atoms with Gasteiger partial charge in [-0.2, -0.15) is 0 Å². The lowest BCUT2D eigenvalue weighted by Crippen LogP contribution is -2.62. The predicted octanol–water partition coefficient (Wildman–Crippen LogP) is 3.33. The van der Waals surface area contributed by atoms with Crippen LogP contribution in [-0.4, -0.2) is 156 Å². The van der Waals surface area contributed by atoms with Gasteiger partial charge in [-0.25, -0.2) is 13.1 Å². The average molecular weight is 954 g/mol. The van der Waals surface area contributed by atoms with E-state index < -0.39 is 118 Å². The normalized spacial score (nSPS) is 45.0. The number of likely N-dealkylation sites (N-methyl/N-ethyl adjacent to an activating group) is 1. The van der Waals surface area contributed by atoms with Crippen LogP contribution in [0.4, 0.5) is 0 Å². The second-order valence-corrected chi connectivity index (χ2v) is 21.4. The zero-order valence-corrected chi connectivity index (χ0v) is 40.4. The standard InChI is InChI=1S/C43H73BrN2O14S/c1-14-31-43(10,52)36(48)24(4)33(45-61(53,54)29-17-15-28(44)16-18-29)22(2)20-41(8,51)38(60-40-34(47)30(46(11)12)19-23(3)56-40)25(5)35(26(6)39(50)58-31)59-32-21-42(9,55-13)37(49)27(7)57-32/h15-18,22-27,30-38,40,45,47-49,51-52H,14,19-21H2,1-13H3/t22-,23-,24+,25-,26-,27+,30+,31-,32+,33+,34-,35+,36+,37+,38-,40+,41-,42-,43-/m1/s1. The van der Waals surface area contributed by atoms with Crippen LogP contribution in [0.15, 0.2) is 33.6 Å². The average Bonchev–Trinajstić information content (AvgIpc) is 3.18. The van der Waals surface area contributed by atoms with Crippen molar-refractivity contribution in [2.75, 3.05) is 21.2 Å². The molecule has 3 heterocycles. The predicted molar refractivity (Wildman–Crippen MR) is 230 cm³/mol. The van der Waals surface area contributed by atoms with E-state index in [0.29, 0.717) is 10.9 Å². The number of hydrogen-bond acceptors (Lipinski definition) is 15. The number of aliphatic hydroxyl groups is 5. The van der Waals surface area contributed by atoms with E-state index in [-0.39, 0.29) is 36.3 Å². The van der Waals surface area contributed by atoms with Gasteiger partial charge in [0.1, 0.15) is 23.9 Å². The molecule has 0 radical (unpaired) electrons. The van der Waals surface area contributed by atoms with Gasteiger partial charge in [-0.15, -0.1) is 0 Å². The molecule has 19 atom stereocenters. The van der Waals surface area contributed by atoms with Crippen LogP contribution in [0.1, 0.15) is 94.9 Å². The van der Waals surface area contributed by atoms with Crippen molar-refractivity contribution in [3.05, 3.63) is 28.7 Å². The van der Waals surface area contributed by atoms with Crippen molar-refractivity contribution in [2.24, 2.45) is 23.7 Å². The van der Waals surface area contributed by atoms with Crippen molar-refractivity contribution >= 4 is 31.9 Å². The lowest BCUT2D eigenvalue weighted by molar-refractivity contribution is -0.318. The summed E-state index contributed by atoms with van der Waals surface area (Å²) in [5.41, 5.74) is -5.07. The summed E-state index contributed by atoms with van der Waals surface area (Å²) in [6, 6.07) is 4.53. The molecule has 3 aliphatic rings. The van der Waals surface area contributed by atoms with Crippen LogP contribution in [0.2, 0.25) is 0 Å². The number of halogens is 1. The molecule has 3 aliphatic heterocycles. The topological polar surface area (TPSA) is 223 Å². The van der Waals surface area contributed by atoms with E-state index in [0.717, 1.165) is 0 Å². The monoisotopic (exact) mass is 952 g/mol. The van der Waals surface area contributed by atoms with E-state index in [1.54, 1.807) is 60.6 Å². The van der Waals surface area contributed by atoms with Gasteiger partial charge in [0.15, 0.2) is 12.6 Å². The second-order valence-electron chi connectivity index (χ2n) is 18.8. The van der Waals surface area contributed by atoms with Crippen LogP contribution in [0, 0.1) is 23.7 Å². The summed E-state index contributed by atoms with van der Waals surface area (Å²) in [5, 5.41) is 59.7. The van der Waals surface area contributed by atoms with Gasteiger partial charge in [0, 0.05) is 41.9 Å². The molecule has 0 aromatic heterocycles. The first kappa shape index (κ1) is 52.3. The molecule has 0 bridgehead atoms. The fourth-order valence-corrected chi connectivity index (χ4v) is 11.4. The van der Waals surface area contributed by atoms with E-state index >= 15 is 0 Å². The molecule has 1 aromatic rings. The van der Waals surface area contributed by atoms with E-state index in [9.17, 15) is 38.7 Å². The molecule has 0 aliphatic carbocycles. The molecule has 1 aromatic carbocycles. The van der Waals surface area contributed by atoms with E-state index in [4.69, 9.17) is 28.4 Å². The van der Waals surface area contributed by atoms with Crippen molar-refractivity contribution in [3.63, 3.8) is 0 Å². The van der Waals surface area contributed by atoms with Gasteiger partial charge < -0.3 is 58.9 Å². The minimum absolute atomic E-state index is 0.0453. The molecule has 4 rings (SSSR count). The van der Waals surface area contributed by atoms with Gasteiger partial charge in [-0.3, -0.25) is 4.79 Å². The summed E-state index contributed by atoms with van der Waals surface area (Å²) in [6.07, 6.45) is -10.4. The maximum atomic E-state index is 14.4. The molecular formula is C43H73BrN2O14S. The Morgan fingerprint density at radius 3 is 2.08 bits per heavy atom. The van der Waals surface area contributed by atoms with Gasteiger partial charge in [0.25, 0.3) is 0 Å². The number of cyclic esters (lactones) is 1. The molecular weight excluding hydrogens is 880 g/mol. The van der Waals surface area contributed by atoms with Crippen LogP contribution < -0.4 is 4.72 Å². The lowest BCUT2D eigenvalue weighted by Gasteiger charge is -2.49. The third kappa shape index (κ3) is 11.7. The third-order valence-corrected chi connectivity index (χ3v) is 15.5. The van der Waals surface area contributed by atoms with Crippen molar-refractivity contribution in [3.8, 4) is 0 Å². The molecule has 352 valence electrons. The molecule has 0 unspecified atom stereocenters. The van der Waals surface area contributed by atoms with Crippen molar-refractivity contribution in [2.45, 2.75) is 190 Å². The highest BCUT2D eigenvalue weighted by Gasteiger charge is 2.54. The number of carbonyl (C=O) groups is 1. The first-order valence-corrected chi connectivity index (χ1v) is 23.7.